The molecule has 1 fully saturated rings. The van der Waals surface area contributed by atoms with Crippen LogP contribution in [0.2, 0.25) is 0 Å². The largest absolute Gasteiger partial charge is 0.341 e. The maximum atomic E-state index is 12.7. The third kappa shape index (κ3) is 4.30. The van der Waals surface area contributed by atoms with E-state index >= 15 is 0 Å². The lowest BCUT2D eigenvalue weighted by molar-refractivity contribution is -0.136. The van der Waals surface area contributed by atoms with Gasteiger partial charge < -0.3 is 9.80 Å². The Labute approximate surface area is 149 Å². The number of allylic oxidation sites excluding steroid dienone is 2. The molecule has 6 heteroatoms. The molecule has 0 saturated carbocycles. The highest BCUT2D eigenvalue weighted by atomic mass is 16.2. The molecule has 1 aliphatic heterocycles. The Balaban J connectivity index is 1.55. The number of amides is 2. The Morgan fingerprint density at radius 3 is 2.56 bits per heavy atom. The fourth-order valence-corrected chi connectivity index (χ4v) is 3.73. The van der Waals surface area contributed by atoms with Crippen molar-refractivity contribution in [1.29, 1.82) is 0 Å². The van der Waals surface area contributed by atoms with E-state index in [1.54, 1.807) is 4.68 Å². The van der Waals surface area contributed by atoms with Crippen molar-refractivity contribution in [3.8, 4) is 0 Å². The molecule has 0 N–H and O–H groups in total. The molecule has 0 bridgehead atoms. The maximum absolute atomic E-state index is 12.7. The van der Waals surface area contributed by atoms with E-state index in [9.17, 15) is 9.59 Å². The smallest absolute Gasteiger partial charge is 0.244 e. The molecule has 1 saturated heterocycles. The van der Waals surface area contributed by atoms with Crippen LogP contribution < -0.4 is 0 Å². The summed E-state index contributed by atoms with van der Waals surface area (Å²) < 4.78 is 1.76. The van der Waals surface area contributed by atoms with Crippen molar-refractivity contribution in [2.75, 3.05) is 26.2 Å². The SMILES string of the molecule is Cc1cc(C)n(CC(=O)N2CCCN(C(=O)C3CC=CCC3)CC2)n1. The zero-order valence-electron chi connectivity index (χ0n) is 15.3. The fourth-order valence-electron chi connectivity index (χ4n) is 3.73. The van der Waals surface area contributed by atoms with Crippen molar-refractivity contribution in [3.63, 3.8) is 0 Å². The Kier molecular flexibility index (Phi) is 5.56. The first-order valence-electron chi connectivity index (χ1n) is 9.27. The normalized spacial score (nSPS) is 21.3. The van der Waals surface area contributed by atoms with Gasteiger partial charge in [0.1, 0.15) is 6.54 Å². The first-order chi connectivity index (χ1) is 12.0. The predicted octanol–water partition coefficient (Wildman–Crippen LogP) is 1.92. The van der Waals surface area contributed by atoms with E-state index in [4.69, 9.17) is 0 Å². The molecule has 2 heterocycles. The van der Waals surface area contributed by atoms with Crippen LogP contribution in [0.3, 0.4) is 0 Å². The Morgan fingerprint density at radius 1 is 1.12 bits per heavy atom. The van der Waals surface area contributed by atoms with Crippen LogP contribution in [0.15, 0.2) is 18.2 Å². The van der Waals surface area contributed by atoms with Crippen molar-refractivity contribution >= 4 is 11.8 Å². The summed E-state index contributed by atoms with van der Waals surface area (Å²) in [4.78, 5) is 29.1. The van der Waals surface area contributed by atoms with Gasteiger partial charge in [-0.3, -0.25) is 14.3 Å². The summed E-state index contributed by atoms with van der Waals surface area (Å²) in [5.74, 6) is 0.472. The summed E-state index contributed by atoms with van der Waals surface area (Å²) in [5.41, 5.74) is 1.93. The monoisotopic (exact) mass is 344 g/mol. The highest BCUT2D eigenvalue weighted by Crippen LogP contribution is 2.21. The molecule has 1 aromatic rings. The van der Waals surface area contributed by atoms with Crippen molar-refractivity contribution in [2.24, 2.45) is 5.92 Å². The molecule has 2 amide bonds. The van der Waals surface area contributed by atoms with Gasteiger partial charge in [0.25, 0.3) is 0 Å². The number of hydrogen-bond acceptors (Lipinski definition) is 3. The van der Waals surface area contributed by atoms with Gasteiger partial charge >= 0.3 is 0 Å². The first kappa shape index (κ1) is 17.7. The minimum atomic E-state index is 0.0844. The zero-order valence-corrected chi connectivity index (χ0v) is 15.3. The number of hydrogen-bond donors (Lipinski definition) is 0. The second-order valence-corrected chi connectivity index (χ2v) is 7.13. The molecule has 0 aromatic carbocycles. The molecule has 3 rings (SSSR count). The fraction of sp³-hybridized carbons (Fsp3) is 0.632. The number of aryl methyl sites for hydroxylation is 2. The number of carbonyl (C=O) groups is 2. The van der Waals surface area contributed by atoms with E-state index in [-0.39, 0.29) is 24.3 Å². The van der Waals surface area contributed by atoms with Crippen LogP contribution in [-0.4, -0.2) is 57.6 Å². The minimum absolute atomic E-state index is 0.0844. The molecule has 1 atom stereocenters. The van der Waals surface area contributed by atoms with Crippen molar-refractivity contribution in [1.82, 2.24) is 19.6 Å². The molecule has 1 aliphatic carbocycles. The quantitative estimate of drug-likeness (QED) is 0.787. The maximum Gasteiger partial charge on any atom is 0.244 e. The molecular weight excluding hydrogens is 316 g/mol. The van der Waals surface area contributed by atoms with Gasteiger partial charge in [0.15, 0.2) is 0 Å². The molecule has 1 aromatic heterocycles. The summed E-state index contributed by atoms with van der Waals surface area (Å²) in [6, 6.07) is 1.98. The molecule has 1 unspecified atom stereocenters. The number of aromatic nitrogens is 2. The van der Waals surface area contributed by atoms with Gasteiger partial charge in [0.05, 0.1) is 5.69 Å². The van der Waals surface area contributed by atoms with Gasteiger partial charge in [0, 0.05) is 37.8 Å². The van der Waals surface area contributed by atoms with Gasteiger partial charge in [-0.05, 0) is 45.6 Å². The molecule has 136 valence electrons. The molecular formula is C19H28N4O2. The van der Waals surface area contributed by atoms with Gasteiger partial charge in [-0.25, -0.2) is 0 Å². The van der Waals surface area contributed by atoms with Crippen LogP contribution in [0.1, 0.15) is 37.1 Å². The van der Waals surface area contributed by atoms with Gasteiger partial charge in [-0.15, -0.1) is 0 Å². The number of carbonyl (C=O) groups excluding carboxylic acids is 2. The summed E-state index contributed by atoms with van der Waals surface area (Å²) in [7, 11) is 0. The second kappa shape index (κ2) is 7.85. The molecule has 0 radical (unpaired) electrons. The summed E-state index contributed by atoms with van der Waals surface area (Å²) >= 11 is 0. The van der Waals surface area contributed by atoms with Crippen LogP contribution in [-0.2, 0) is 16.1 Å². The van der Waals surface area contributed by atoms with Crippen LogP contribution in [0.4, 0.5) is 0 Å². The van der Waals surface area contributed by atoms with Crippen LogP contribution in [0.25, 0.3) is 0 Å². The van der Waals surface area contributed by atoms with Crippen LogP contribution >= 0.6 is 0 Å². The number of rotatable bonds is 3. The Bertz CT molecular complexity index is 664. The van der Waals surface area contributed by atoms with E-state index in [0.29, 0.717) is 19.6 Å². The van der Waals surface area contributed by atoms with Crippen LogP contribution in [0, 0.1) is 19.8 Å². The van der Waals surface area contributed by atoms with E-state index in [2.05, 4.69) is 17.3 Å². The lowest BCUT2D eigenvalue weighted by Crippen LogP contribution is -2.41. The average Bonchev–Trinajstić information content (AvgIpc) is 2.81. The highest BCUT2D eigenvalue weighted by molar-refractivity contribution is 5.80. The molecule has 25 heavy (non-hydrogen) atoms. The van der Waals surface area contributed by atoms with E-state index < -0.39 is 0 Å². The first-order valence-corrected chi connectivity index (χ1v) is 9.27. The third-order valence-electron chi connectivity index (χ3n) is 5.17. The molecule has 0 spiro atoms. The lowest BCUT2D eigenvalue weighted by Gasteiger charge is -2.27. The summed E-state index contributed by atoms with van der Waals surface area (Å²) in [5, 5.41) is 4.37. The van der Waals surface area contributed by atoms with Gasteiger partial charge in [-0.1, -0.05) is 12.2 Å². The van der Waals surface area contributed by atoms with Crippen molar-refractivity contribution in [2.45, 2.75) is 46.1 Å². The second-order valence-electron chi connectivity index (χ2n) is 7.13. The standard InChI is InChI=1S/C19H28N4O2/c1-15-13-16(2)23(20-15)14-18(24)21-9-6-10-22(12-11-21)19(25)17-7-4-3-5-8-17/h3-4,13,17H,5-12,14H2,1-2H3. The Morgan fingerprint density at radius 2 is 1.88 bits per heavy atom. The minimum Gasteiger partial charge on any atom is -0.341 e. The Hall–Kier alpha value is -2.11. The average molecular weight is 344 g/mol. The third-order valence-corrected chi connectivity index (χ3v) is 5.17. The van der Waals surface area contributed by atoms with Crippen molar-refractivity contribution in [3.05, 3.63) is 29.6 Å². The zero-order chi connectivity index (χ0) is 17.8. The van der Waals surface area contributed by atoms with E-state index in [0.717, 1.165) is 43.6 Å². The number of nitrogens with zero attached hydrogens (tertiary/aromatic N) is 4. The van der Waals surface area contributed by atoms with E-state index in [1.807, 2.05) is 29.7 Å². The lowest BCUT2D eigenvalue weighted by atomic mass is 9.93. The predicted molar refractivity (Wildman–Crippen MR) is 96.0 cm³/mol. The topological polar surface area (TPSA) is 58.4 Å². The van der Waals surface area contributed by atoms with Crippen molar-refractivity contribution < 1.29 is 9.59 Å². The highest BCUT2D eigenvalue weighted by Gasteiger charge is 2.27. The van der Waals surface area contributed by atoms with Crippen LogP contribution in [0.5, 0.6) is 0 Å². The summed E-state index contributed by atoms with van der Waals surface area (Å²) in [6.45, 7) is 6.91. The van der Waals surface area contributed by atoms with E-state index in [1.165, 1.54) is 0 Å². The molecule has 6 nitrogen and oxygen atoms in total. The van der Waals surface area contributed by atoms with Gasteiger partial charge in [0.2, 0.25) is 11.8 Å². The summed E-state index contributed by atoms with van der Waals surface area (Å²) in [6.07, 6.45) is 7.93. The molecule has 2 aliphatic rings. The van der Waals surface area contributed by atoms with Gasteiger partial charge in [-0.2, -0.15) is 5.10 Å².